The third kappa shape index (κ3) is 2.97. The highest BCUT2D eigenvalue weighted by Crippen LogP contribution is 2.39. The van der Waals surface area contributed by atoms with Crippen molar-refractivity contribution in [3.8, 4) is 10.4 Å². The highest BCUT2D eigenvalue weighted by Gasteiger charge is 2.45. The summed E-state index contributed by atoms with van der Waals surface area (Å²) in [4.78, 5) is 3.49. The number of aliphatic hydroxyl groups is 1. The van der Waals surface area contributed by atoms with Crippen LogP contribution in [0, 0.1) is 0 Å². The van der Waals surface area contributed by atoms with Crippen molar-refractivity contribution >= 4 is 27.3 Å². The number of nitrogens with zero attached hydrogens (tertiary/aromatic N) is 1. The van der Waals surface area contributed by atoms with Crippen molar-refractivity contribution in [1.82, 2.24) is 4.90 Å². The molecule has 2 aromatic rings. The Morgan fingerprint density at radius 2 is 1.96 bits per heavy atom. The molecule has 0 radical (unpaired) electrons. The zero-order chi connectivity index (χ0) is 16.7. The van der Waals surface area contributed by atoms with E-state index in [0.29, 0.717) is 12.6 Å². The van der Waals surface area contributed by atoms with Crippen molar-refractivity contribution in [2.45, 2.75) is 43.6 Å². The van der Waals surface area contributed by atoms with Gasteiger partial charge < -0.3 is 9.84 Å². The van der Waals surface area contributed by atoms with Crippen LogP contribution in [-0.4, -0.2) is 35.7 Å². The second-order valence-corrected chi connectivity index (χ2v) is 8.65. The van der Waals surface area contributed by atoms with Gasteiger partial charge in [0.25, 0.3) is 0 Å². The third-order valence-electron chi connectivity index (χ3n) is 5.26. The Morgan fingerprint density at radius 3 is 2.67 bits per heavy atom. The second kappa shape index (κ2) is 6.54. The number of ether oxygens (including phenoxy) is 1. The fraction of sp³-hybridized carbons (Fsp3) is 0.474. The number of rotatable bonds is 2. The highest BCUT2D eigenvalue weighted by molar-refractivity contribution is 9.10. The highest BCUT2D eigenvalue weighted by atomic mass is 79.9. The van der Waals surface area contributed by atoms with Gasteiger partial charge in [-0.25, -0.2) is 0 Å². The second-order valence-electron chi connectivity index (χ2n) is 6.88. The van der Waals surface area contributed by atoms with Gasteiger partial charge in [0, 0.05) is 21.0 Å². The van der Waals surface area contributed by atoms with E-state index in [0.717, 1.165) is 22.0 Å². The number of benzene rings is 1. The van der Waals surface area contributed by atoms with E-state index in [9.17, 15) is 5.11 Å². The molecule has 0 amide bonds. The summed E-state index contributed by atoms with van der Waals surface area (Å²) in [5.74, 6) is -1.21. The monoisotopic (exact) mass is 407 g/mol. The number of β-amino-alcohol motifs (C(OH)–C–C–N with tert-alkyl or cyclic N) is 1. The molecule has 3 unspecified atom stereocenters. The molecule has 5 heteroatoms. The number of likely N-dealkylation sites (N-methyl/N-ethyl adjacent to an activating group) is 1. The summed E-state index contributed by atoms with van der Waals surface area (Å²) in [5.41, 5.74) is 2.00. The van der Waals surface area contributed by atoms with Gasteiger partial charge in [-0.2, -0.15) is 0 Å². The van der Waals surface area contributed by atoms with Gasteiger partial charge in [0.2, 0.25) is 5.79 Å². The van der Waals surface area contributed by atoms with Crippen LogP contribution >= 0.6 is 27.3 Å². The van der Waals surface area contributed by atoms with Gasteiger partial charge in [-0.15, -0.1) is 11.3 Å². The molecule has 3 atom stereocenters. The van der Waals surface area contributed by atoms with E-state index >= 15 is 0 Å². The van der Waals surface area contributed by atoms with Gasteiger partial charge in [-0.1, -0.05) is 37.1 Å². The molecule has 2 heterocycles. The van der Waals surface area contributed by atoms with Crippen LogP contribution < -0.4 is 0 Å². The topological polar surface area (TPSA) is 32.7 Å². The summed E-state index contributed by atoms with van der Waals surface area (Å²) < 4.78 is 7.30. The molecular weight excluding hydrogens is 386 g/mol. The number of morpholine rings is 1. The lowest BCUT2D eigenvalue weighted by Gasteiger charge is -2.49. The average molecular weight is 408 g/mol. The molecule has 1 saturated heterocycles. The summed E-state index contributed by atoms with van der Waals surface area (Å²) in [6.07, 6.45) is 4.79. The van der Waals surface area contributed by atoms with Crippen LogP contribution in [0.5, 0.6) is 0 Å². The predicted molar refractivity (Wildman–Crippen MR) is 101 cm³/mol. The Kier molecular flexibility index (Phi) is 4.56. The Labute approximate surface area is 155 Å². The maximum Gasteiger partial charge on any atom is 0.205 e. The van der Waals surface area contributed by atoms with Gasteiger partial charge in [0.1, 0.15) is 0 Å². The molecule has 1 aromatic heterocycles. The Balaban J connectivity index is 1.59. The zero-order valence-corrected chi connectivity index (χ0v) is 16.1. The minimum absolute atomic E-state index is 0.133. The van der Waals surface area contributed by atoms with Crippen molar-refractivity contribution in [3.05, 3.63) is 45.7 Å². The quantitative estimate of drug-likeness (QED) is 0.789. The van der Waals surface area contributed by atoms with E-state index in [1.165, 1.54) is 24.1 Å². The van der Waals surface area contributed by atoms with Crippen molar-refractivity contribution < 1.29 is 9.84 Å². The van der Waals surface area contributed by atoms with Crippen LogP contribution in [0.1, 0.15) is 31.2 Å². The van der Waals surface area contributed by atoms with Crippen LogP contribution in [0.2, 0.25) is 0 Å². The minimum atomic E-state index is -1.21. The Bertz CT molecular complexity index is 716. The Morgan fingerprint density at radius 1 is 1.21 bits per heavy atom. The van der Waals surface area contributed by atoms with Crippen molar-refractivity contribution in [2.75, 3.05) is 13.6 Å². The number of halogens is 1. The van der Waals surface area contributed by atoms with Crippen molar-refractivity contribution in [1.29, 1.82) is 0 Å². The van der Waals surface area contributed by atoms with Crippen molar-refractivity contribution in [2.24, 2.45) is 0 Å². The van der Waals surface area contributed by atoms with Crippen LogP contribution in [0.4, 0.5) is 0 Å². The molecular formula is C19H22BrNO2S. The molecule has 24 heavy (non-hydrogen) atoms. The summed E-state index contributed by atoms with van der Waals surface area (Å²) in [6.45, 7) is 0.524. The van der Waals surface area contributed by atoms with Crippen molar-refractivity contribution in [3.63, 3.8) is 0 Å². The molecule has 1 aliphatic carbocycles. The lowest BCUT2D eigenvalue weighted by Crippen LogP contribution is -2.58. The van der Waals surface area contributed by atoms with E-state index in [-0.39, 0.29) is 6.10 Å². The number of thiophene rings is 1. The lowest BCUT2D eigenvalue weighted by molar-refractivity contribution is -0.293. The molecule has 4 rings (SSSR count). The molecule has 128 valence electrons. The smallest absolute Gasteiger partial charge is 0.205 e. The summed E-state index contributed by atoms with van der Waals surface area (Å²) >= 11 is 5.29. The van der Waals surface area contributed by atoms with Crippen LogP contribution in [0.25, 0.3) is 10.4 Å². The maximum absolute atomic E-state index is 11.2. The van der Waals surface area contributed by atoms with Gasteiger partial charge in [0.05, 0.1) is 12.6 Å². The summed E-state index contributed by atoms with van der Waals surface area (Å²) in [6, 6.07) is 10.6. The zero-order valence-electron chi connectivity index (χ0n) is 13.7. The fourth-order valence-electron chi connectivity index (χ4n) is 4.00. The van der Waals surface area contributed by atoms with Gasteiger partial charge in [-0.05, 0) is 52.8 Å². The summed E-state index contributed by atoms with van der Waals surface area (Å²) in [7, 11) is 2.10. The average Bonchev–Trinajstić information content (AvgIpc) is 3.01. The standard InChI is InChI=1S/C19H22BrNO2S/c1-21-12-19(22,23-17-5-3-2-4-16(17)21)14-8-6-13(7-9-14)18-15(20)10-11-24-18/h6-11,16-17,22H,2-5,12H2,1H3. The molecule has 0 spiro atoms. The normalized spacial score (nSPS) is 31.0. The molecule has 1 N–H and O–H groups in total. The molecule has 1 aliphatic heterocycles. The number of fused-ring (bicyclic) bond motifs is 1. The first kappa shape index (κ1) is 16.7. The molecule has 2 fully saturated rings. The third-order valence-corrected chi connectivity index (χ3v) is 7.15. The predicted octanol–water partition coefficient (Wildman–Crippen LogP) is 4.60. The molecule has 1 saturated carbocycles. The number of hydrogen-bond donors (Lipinski definition) is 1. The van der Waals surface area contributed by atoms with E-state index in [2.05, 4.69) is 51.5 Å². The first-order chi connectivity index (χ1) is 11.6. The van der Waals surface area contributed by atoms with Gasteiger partial charge >= 0.3 is 0 Å². The summed E-state index contributed by atoms with van der Waals surface area (Å²) in [5, 5.41) is 13.2. The molecule has 2 aliphatic rings. The maximum atomic E-state index is 11.2. The Hall–Kier alpha value is -0.720. The molecule has 3 nitrogen and oxygen atoms in total. The van der Waals surface area contributed by atoms with Crippen LogP contribution in [0.3, 0.4) is 0 Å². The lowest BCUT2D eigenvalue weighted by atomic mass is 9.88. The van der Waals surface area contributed by atoms with E-state index in [4.69, 9.17) is 4.74 Å². The van der Waals surface area contributed by atoms with Gasteiger partial charge in [0.15, 0.2) is 0 Å². The molecule has 0 bridgehead atoms. The van der Waals surface area contributed by atoms with E-state index in [1.54, 1.807) is 11.3 Å². The first-order valence-corrected chi connectivity index (χ1v) is 10.2. The first-order valence-electron chi connectivity index (χ1n) is 8.51. The van der Waals surface area contributed by atoms with Crippen LogP contribution in [0.15, 0.2) is 40.2 Å². The largest absolute Gasteiger partial charge is 0.361 e. The fourth-order valence-corrected chi connectivity index (χ4v) is 5.61. The number of hydrogen-bond acceptors (Lipinski definition) is 4. The van der Waals surface area contributed by atoms with Crippen LogP contribution in [-0.2, 0) is 10.5 Å². The van der Waals surface area contributed by atoms with E-state index in [1.807, 2.05) is 12.1 Å². The van der Waals surface area contributed by atoms with E-state index < -0.39 is 5.79 Å². The van der Waals surface area contributed by atoms with Gasteiger partial charge in [-0.3, -0.25) is 4.90 Å². The SMILES string of the molecule is CN1CC(O)(c2ccc(-c3sccc3Br)cc2)OC2CCCCC21. The molecule has 1 aromatic carbocycles. The minimum Gasteiger partial charge on any atom is -0.361 e.